The van der Waals surface area contributed by atoms with Crippen molar-refractivity contribution in [3.8, 4) is 0 Å². The van der Waals surface area contributed by atoms with E-state index in [1.54, 1.807) is 18.6 Å². The first-order chi connectivity index (χ1) is 10.2. The lowest BCUT2D eigenvalue weighted by Crippen LogP contribution is -2.25. The van der Waals surface area contributed by atoms with Crippen molar-refractivity contribution < 1.29 is 4.74 Å². The van der Waals surface area contributed by atoms with Gasteiger partial charge in [-0.3, -0.25) is 9.78 Å². The number of nitrogens with one attached hydrogen (secondary N) is 1. The number of halogens is 1. The summed E-state index contributed by atoms with van der Waals surface area (Å²) in [6.45, 7) is 2.06. The van der Waals surface area contributed by atoms with Crippen LogP contribution in [0.25, 0.3) is 0 Å². The lowest BCUT2D eigenvalue weighted by atomic mass is 10.3. The molecule has 110 valence electrons. The van der Waals surface area contributed by atoms with Gasteiger partial charge >= 0.3 is 0 Å². The minimum Gasteiger partial charge on any atom is -0.372 e. The van der Waals surface area contributed by atoms with Crippen molar-refractivity contribution in [2.24, 2.45) is 0 Å². The first-order valence-electron chi connectivity index (χ1n) is 6.72. The van der Waals surface area contributed by atoms with E-state index in [0.717, 1.165) is 18.5 Å². The summed E-state index contributed by atoms with van der Waals surface area (Å²) in [6, 6.07) is 3.87. The maximum atomic E-state index is 11.5. The number of aromatic amines is 1. The third-order valence-corrected chi connectivity index (χ3v) is 3.86. The van der Waals surface area contributed by atoms with Gasteiger partial charge < -0.3 is 9.64 Å². The molecule has 2 aromatic heterocycles. The molecule has 6 nitrogen and oxygen atoms in total. The zero-order valence-corrected chi connectivity index (χ0v) is 12.1. The zero-order valence-electron chi connectivity index (χ0n) is 11.3. The molecule has 1 aliphatic heterocycles. The second-order valence-corrected chi connectivity index (χ2v) is 5.30. The first-order valence-corrected chi connectivity index (χ1v) is 7.10. The fraction of sp³-hybridized carbons (Fsp3) is 0.357. The standard InChI is InChI=1S/C14H15ClN4O2/c15-13-12(7-17-18-14(13)20)19-6-3-11(8-19)21-9-10-1-4-16-5-2-10/h1-2,4-5,7,11H,3,6,8-9H2,(H,18,20)/t11-/m1/s1. The molecule has 0 bridgehead atoms. The minimum atomic E-state index is -0.365. The topological polar surface area (TPSA) is 71.1 Å². The Morgan fingerprint density at radius 3 is 3.05 bits per heavy atom. The molecule has 0 aliphatic carbocycles. The fourth-order valence-corrected chi connectivity index (χ4v) is 2.58. The molecule has 3 heterocycles. The van der Waals surface area contributed by atoms with Crippen LogP contribution in [0, 0.1) is 0 Å². The molecule has 0 unspecified atom stereocenters. The molecule has 7 heteroatoms. The van der Waals surface area contributed by atoms with Gasteiger partial charge in [-0.25, -0.2) is 5.10 Å². The van der Waals surface area contributed by atoms with Crippen molar-refractivity contribution in [1.82, 2.24) is 15.2 Å². The number of hydrogen-bond acceptors (Lipinski definition) is 5. The van der Waals surface area contributed by atoms with Crippen LogP contribution in [-0.4, -0.2) is 34.4 Å². The second kappa shape index (κ2) is 6.24. The van der Waals surface area contributed by atoms with Crippen LogP contribution in [0.3, 0.4) is 0 Å². The normalized spacial score (nSPS) is 18.1. The third-order valence-electron chi connectivity index (χ3n) is 3.50. The van der Waals surface area contributed by atoms with Gasteiger partial charge in [-0.05, 0) is 24.1 Å². The quantitative estimate of drug-likeness (QED) is 0.929. The molecule has 0 saturated carbocycles. The predicted molar refractivity (Wildman–Crippen MR) is 79.5 cm³/mol. The number of nitrogens with zero attached hydrogens (tertiary/aromatic N) is 3. The molecule has 0 aromatic carbocycles. The van der Waals surface area contributed by atoms with Crippen LogP contribution < -0.4 is 10.5 Å². The van der Waals surface area contributed by atoms with Crippen LogP contribution in [0.15, 0.2) is 35.5 Å². The maximum Gasteiger partial charge on any atom is 0.285 e. The van der Waals surface area contributed by atoms with Crippen molar-refractivity contribution in [3.05, 3.63) is 51.7 Å². The van der Waals surface area contributed by atoms with Crippen molar-refractivity contribution in [2.75, 3.05) is 18.0 Å². The van der Waals surface area contributed by atoms with Gasteiger partial charge in [0.1, 0.15) is 5.02 Å². The summed E-state index contributed by atoms with van der Waals surface area (Å²) < 4.78 is 5.89. The van der Waals surface area contributed by atoms with Crippen molar-refractivity contribution in [2.45, 2.75) is 19.1 Å². The molecule has 1 saturated heterocycles. The van der Waals surface area contributed by atoms with E-state index in [2.05, 4.69) is 15.2 Å². The van der Waals surface area contributed by atoms with Gasteiger partial charge in [-0.1, -0.05) is 11.6 Å². The molecule has 1 aliphatic rings. The zero-order chi connectivity index (χ0) is 14.7. The van der Waals surface area contributed by atoms with Crippen LogP contribution >= 0.6 is 11.6 Å². The van der Waals surface area contributed by atoms with E-state index in [1.165, 1.54) is 0 Å². The number of anilines is 1. The number of H-pyrrole nitrogens is 1. The Bertz CT molecular complexity index is 662. The third kappa shape index (κ3) is 3.22. The lowest BCUT2D eigenvalue weighted by Gasteiger charge is -2.18. The summed E-state index contributed by atoms with van der Waals surface area (Å²) in [5.41, 5.74) is 1.39. The minimum absolute atomic E-state index is 0.119. The molecular weight excluding hydrogens is 292 g/mol. The summed E-state index contributed by atoms with van der Waals surface area (Å²) >= 11 is 6.02. The van der Waals surface area contributed by atoms with E-state index < -0.39 is 0 Å². The first kappa shape index (κ1) is 14.0. The smallest absolute Gasteiger partial charge is 0.285 e. The molecule has 21 heavy (non-hydrogen) atoms. The highest BCUT2D eigenvalue weighted by Gasteiger charge is 2.25. The van der Waals surface area contributed by atoms with Crippen LogP contribution in [0.5, 0.6) is 0 Å². The van der Waals surface area contributed by atoms with Gasteiger partial charge in [0.25, 0.3) is 5.56 Å². The highest BCUT2D eigenvalue weighted by Crippen LogP contribution is 2.26. The number of rotatable bonds is 4. The second-order valence-electron chi connectivity index (χ2n) is 4.92. The van der Waals surface area contributed by atoms with Gasteiger partial charge in [0.05, 0.1) is 24.6 Å². The van der Waals surface area contributed by atoms with Crippen LogP contribution in [0.4, 0.5) is 5.69 Å². The largest absolute Gasteiger partial charge is 0.372 e. The Balaban J connectivity index is 1.61. The van der Waals surface area contributed by atoms with Gasteiger partial charge in [0, 0.05) is 25.5 Å². The van der Waals surface area contributed by atoms with Crippen LogP contribution in [-0.2, 0) is 11.3 Å². The summed E-state index contributed by atoms with van der Waals surface area (Å²) in [6.07, 6.45) is 6.10. The van der Waals surface area contributed by atoms with E-state index in [1.807, 2.05) is 17.0 Å². The van der Waals surface area contributed by atoms with E-state index in [9.17, 15) is 4.79 Å². The summed E-state index contributed by atoms with van der Waals surface area (Å²) in [7, 11) is 0. The molecule has 0 radical (unpaired) electrons. The van der Waals surface area contributed by atoms with Gasteiger partial charge in [-0.2, -0.15) is 5.10 Å². The van der Waals surface area contributed by atoms with E-state index in [0.29, 0.717) is 18.8 Å². The van der Waals surface area contributed by atoms with Gasteiger partial charge in [0.2, 0.25) is 0 Å². The predicted octanol–water partition coefficient (Wildman–Crippen LogP) is 1.61. The summed E-state index contributed by atoms with van der Waals surface area (Å²) in [5.74, 6) is 0. The van der Waals surface area contributed by atoms with Crippen LogP contribution in [0.1, 0.15) is 12.0 Å². The maximum absolute atomic E-state index is 11.5. The fourth-order valence-electron chi connectivity index (χ4n) is 2.37. The van der Waals surface area contributed by atoms with Crippen molar-refractivity contribution >= 4 is 17.3 Å². The SMILES string of the molecule is O=c1[nH]ncc(N2CC[C@@H](OCc3ccncc3)C2)c1Cl. The number of aromatic nitrogens is 3. The molecule has 1 N–H and O–H groups in total. The Hall–Kier alpha value is -1.92. The molecular formula is C14H15ClN4O2. The lowest BCUT2D eigenvalue weighted by molar-refractivity contribution is 0.0553. The Labute approximate surface area is 126 Å². The van der Waals surface area contributed by atoms with Gasteiger partial charge in [0.15, 0.2) is 0 Å². The highest BCUT2D eigenvalue weighted by molar-refractivity contribution is 6.33. The monoisotopic (exact) mass is 306 g/mol. The number of ether oxygens (including phenoxy) is 1. The Morgan fingerprint density at radius 2 is 2.24 bits per heavy atom. The Morgan fingerprint density at radius 1 is 1.43 bits per heavy atom. The Kier molecular flexibility index (Phi) is 4.17. The molecule has 0 spiro atoms. The van der Waals surface area contributed by atoms with E-state index >= 15 is 0 Å². The molecule has 0 amide bonds. The van der Waals surface area contributed by atoms with Crippen molar-refractivity contribution in [1.29, 1.82) is 0 Å². The van der Waals surface area contributed by atoms with Crippen molar-refractivity contribution in [3.63, 3.8) is 0 Å². The van der Waals surface area contributed by atoms with E-state index in [-0.39, 0.29) is 16.7 Å². The molecule has 3 rings (SSSR count). The molecule has 1 atom stereocenters. The highest BCUT2D eigenvalue weighted by atomic mass is 35.5. The molecule has 1 fully saturated rings. The average molecular weight is 307 g/mol. The average Bonchev–Trinajstić information content (AvgIpc) is 2.98. The summed E-state index contributed by atoms with van der Waals surface area (Å²) in [5, 5.41) is 6.30. The number of pyridine rings is 1. The van der Waals surface area contributed by atoms with Gasteiger partial charge in [-0.15, -0.1) is 0 Å². The number of hydrogen-bond donors (Lipinski definition) is 1. The van der Waals surface area contributed by atoms with E-state index in [4.69, 9.17) is 16.3 Å². The molecule has 2 aromatic rings. The van der Waals surface area contributed by atoms with Crippen LogP contribution in [0.2, 0.25) is 5.02 Å². The summed E-state index contributed by atoms with van der Waals surface area (Å²) in [4.78, 5) is 17.5.